The Balaban J connectivity index is 2.07. The highest BCUT2D eigenvalue weighted by molar-refractivity contribution is 6.04. The first-order valence-electron chi connectivity index (χ1n) is 5.60. The van der Waals surface area contributed by atoms with Gasteiger partial charge in [0.1, 0.15) is 0 Å². The summed E-state index contributed by atoms with van der Waals surface area (Å²) in [6.45, 7) is 0.233. The van der Waals surface area contributed by atoms with Crippen molar-refractivity contribution < 1.29 is 14.4 Å². The Morgan fingerprint density at radius 3 is 2.84 bits per heavy atom. The second-order valence-corrected chi connectivity index (χ2v) is 4.06. The van der Waals surface area contributed by atoms with E-state index in [-0.39, 0.29) is 24.8 Å². The van der Waals surface area contributed by atoms with Crippen LogP contribution < -0.4 is 10.2 Å². The van der Waals surface area contributed by atoms with E-state index < -0.39 is 6.03 Å². The van der Waals surface area contributed by atoms with Gasteiger partial charge in [0.15, 0.2) is 11.9 Å². The number of nitrogens with zero attached hydrogens (tertiary/aromatic N) is 4. The first kappa shape index (κ1) is 11.3. The maximum atomic E-state index is 11.7. The number of carbonyl (C=O) groups is 3. The number of aldehydes is 1. The maximum absolute atomic E-state index is 11.7. The maximum Gasteiger partial charge on any atom is 0.330 e. The molecule has 1 N–H and O–H groups in total. The molecule has 2 aromatic rings. The topological polar surface area (TPSA) is 96.7 Å². The molecule has 1 aliphatic rings. The van der Waals surface area contributed by atoms with E-state index in [9.17, 15) is 14.4 Å². The first-order valence-corrected chi connectivity index (χ1v) is 5.60. The molecule has 3 rings (SSSR count). The van der Waals surface area contributed by atoms with Gasteiger partial charge >= 0.3 is 6.03 Å². The molecule has 0 aromatic carbocycles. The van der Waals surface area contributed by atoms with Crippen LogP contribution in [0.25, 0.3) is 5.65 Å². The highest BCUT2D eigenvalue weighted by Crippen LogP contribution is 2.16. The summed E-state index contributed by atoms with van der Waals surface area (Å²) in [5, 5.41) is 10.0. The number of aromatic nitrogens is 3. The monoisotopic (exact) mass is 259 g/mol. The number of amides is 3. The van der Waals surface area contributed by atoms with Crippen LogP contribution in [0.5, 0.6) is 0 Å². The van der Waals surface area contributed by atoms with Gasteiger partial charge in [0, 0.05) is 24.7 Å². The lowest BCUT2D eigenvalue weighted by Gasteiger charge is -2.24. The van der Waals surface area contributed by atoms with E-state index >= 15 is 0 Å². The molecule has 96 valence electrons. The summed E-state index contributed by atoms with van der Waals surface area (Å²) in [7, 11) is 0. The van der Waals surface area contributed by atoms with E-state index in [4.69, 9.17) is 0 Å². The van der Waals surface area contributed by atoms with Crippen molar-refractivity contribution in [1.29, 1.82) is 0 Å². The third-order valence-electron chi connectivity index (χ3n) is 2.84. The van der Waals surface area contributed by atoms with Crippen LogP contribution in [-0.2, 0) is 4.79 Å². The van der Waals surface area contributed by atoms with E-state index in [0.29, 0.717) is 17.5 Å². The number of urea groups is 1. The Morgan fingerprint density at radius 2 is 2.11 bits per heavy atom. The molecule has 0 spiro atoms. The van der Waals surface area contributed by atoms with Crippen molar-refractivity contribution >= 4 is 29.8 Å². The van der Waals surface area contributed by atoms with Crippen molar-refractivity contribution in [3.05, 3.63) is 23.9 Å². The van der Waals surface area contributed by atoms with Gasteiger partial charge in [0.2, 0.25) is 11.9 Å². The zero-order valence-electron chi connectivity index (χ0n) is 9.74. The van der Waals surface area contributed by atoms with Crippen LogP contribution in [-0.4, -0.2) is 39.4 Å². The van der Waals surface area contributed by atoms with Crippen LogP contribution in [0.15, 0.2) is 18.3 Å². The van der Waals surface area contributed by atoms with Gasteiger partial charge in [0.05, 0.1) is 0 Å². The van der Waals surface area contributed by atoms with Gasteiger partial charge in [0.25, 0.3) is 0 Å². The quantitative estimate of drug-likeness (QED) is 0.765. The molecule has 8 heteroatoms. The number of imide groups is 1. The van der Waals surface area contributed by atoms with Crippen LogP contribution in [0.2, 0.25) is 0 Å². The Labute approximate surface area is 107 Å². The third-order valence-corrected chi connectivity index (χ3v) is 2.84. The van der Waals surface area contributed by atoms with Crippen molar-refractivity contribution in [1.82, 2.24) is 19.9 Å². The van der Waals surface area contributed by atoms with Crippen molar-refractivity contribution in [2.45, 2.75) is 6.42 Å². The van der Waals surface area contributed by atoms with Gasteiger partial charge in [-0.1, -0.05) is 0 Å². The van der Waals surface area contributed by atoms with Gasteiger partial charge in [-0.15, -0.1) is 10.2 Å². The Kier molecular flexibility index (Phi) is 2.48. The fraction of sp³-hybridized carbons (Fsp3) is 0.182. The van der Waals surface area contributed by atoms with Gasteiger partial charge in [-0.2, -0.15) is 0 Å². The van der Waals surface area contributed by atoms with Crippen LogP contribution in [0.4, 0.5) is 10.7 Å². The number of pyridine rings is 1. The summed E-state index contributed by atoms with van der Waals surface area (Å²) in [4.78, 5) is 34.9. The minimum Gasteiger partial charge on any atom is -0.298 e. The second kappa shape index (κ2) is 4.16. The molecular formula is C11H9N5O3. The van der Waals surface area contributed by atoms with Gasteiger partial charge in [-0.3, -0.25) is 24.2 Å². The smallest absolute Gasteiger partial charge is 0.298 e. The number of nitrogens with one attached hydrogen (secondary N) is 1. The minimum atomic E-state index is -0.540. The fourth-order valence-electron chi connectivity index (χ4n) is 1.90. The zero-order valence-corrected chi connectivity index (χ0v) is 9.74. The average molecular weight is 259 g/mol. The zero-order chi connectivity index (χ0) is 13.4. The van der Waals surface area contributed by atoms with Crippen LogP contribution in [0.3, 0.4) is 0 Å². The molecule has 3 amide bonds. The summed E-state index contributed by atoms with van der Waals surface area (Å²) >= 11 is 0. The molecule has 0 atom stereocenters. The molecule has 1 fully saturated rings. The molecule has 0 aliphatic carbocycles. The van der Waals surface area contributed by atoms with Gasteiger partial charge in [-0.25, -0.2) is 4.79 Å². The number of hydrogen-bond acceptors (Lipinski definition) is 5. The number of hydrogen-bond donors (Lipinski definition) is 1. The van der Waals surface area contributed by atoms with E-state index in [1.165, 1.54) is 4.90 Å². The van der Waals surface area contributed by atoms with Crippen LogP contribution >= 0.6 is 0 Å². The van der Waals surface area contributed by atoms with E-state index in [0.717, 1.165) is 0 Å². The highest BCUT2D eigenvalue weighted by Gasteiger charge is 2.27. The fourth-order valence-corrected chi connectivity index (χ4v) is 1.90. The highest BCUT2D eigenvalue weighted by atomic mass is 16.2. The summed E-state index contributed by atoms with van der Waals surface area (Å²) in [6, 6.07) is 2.70. The molecule has 8 nitrogen and oxygen atoms in total. The molecule has 0 saturated carbocycles. The average Bonchev–Trinajstić information content (AvgIpc) is 2.81. The largest absolute Gasteiger partial charge is 0.330 e. The first-order chi connectivity index (χ1) is 9.19. The molecule has 2 aromatic heterocycles. The molecule has 19 heavy (non-hydrogen) atoms. The van der Waals surface area contributed by atoms with Crippen molar-refractivity contribution in [2.24, 2.45) is 0 Å². The van der Waals surface area contributed by atoms with Gasteiger partial charge in [-0.05, 0) is 12.1 Å². The van der Waals surface area contributed by atoms with E-state index in [1.54, 1.807) is 22.7 Å². The molecule has 3 heterocycles. The predicted octanol–water partition coefficient (Wildman–Crippen LogP) is -0.0119. The lowest BCUT2D eigenvalue weighted by molar-refractivity contribution is -0.120. The summed E-state index contributed by atoms with van der Waals surface area (Å²) in [5.74, 6) is -0.0349. The SMILES string of the molecule is O=Cc1ccc2nnc(N3CCC(=O)NC3=O)n2c1. The lowest BCUT2D eigenvalue weighted by Crippen LogP contribution is -2.50. The molecular weight excluding hydrogens is 250 g/mol. The van der Waals surface area contributed by atoms with Crippen LogP contribution in [0, 0.1) is 0 Å². The number of rotatable bonds is 2. The molecule has 1 aliphatic heterocycles. The normalized spacial score (nSPS) is 15.7. The Hall–Kier alpha value is -2.77. The van der Waals surface area contributed by atoms with Crippen LogP contribution in [0.1, 0.15) is 16.8 Å². The Bertz CT molecular complexity index is 693. The predicted molar refractivity (Wildman–Crippen MR) is 63.9 cm³/mol. The lowest BCUT2D eigenvalue weighted by atomic mass is 10.3. The molecule has 1 saturated heterocycles. The van der Waals surface area contributed by atoms with Crippen molar-refractivity contribution in [3.8, 4) is 0 Å². The van der Waals surface area contributed by atoms with Gasteiger partial charge < -0.3 is 0 Å². The number of fused-ring (bicyclic) bond motifs is 1. The summed E-state index contributed by atoms with van der Waals surface area (Å²) < 4.78 is 1.54. The van der Waals surface area contributed by atoms with Crippen molar-refractivity contribution in [3.63, 3.8) is 0 Å². The summed E-state index contributed by atoms with van der Waals surface area (Å²) in [6.07, 6.45) is 2.44. The van der Waals surface area contributed by atoms with E-state index in [1.807, 2.05) is 0 Å². The third kappa shape index (κ3) is 1.82. The number of carbonyl (C=O) groups excluding carboxylic acids is 3. The Morgan fingerprint density at radius 1 is 1.26 bits per heavy atom. The minimum absolute atomic E-state index is 0.202. The summed E-state index contributed by atoms with van der Waals surface area (Å²) in [5.41, 5.74) is 0.965. The standard InChI is InChI=1S/C11H9N5O3/c17-6-7-1-2-8-13-14-10(16(8)5-7)15-4-3-9(18)12-11(15)19/h1-2,5-6H,3-4H2,(H,12,18,19). The molecule has 0 bridgehead atoms. The molecule has 0 radical (unpaired) electrons. The van der Waals surface area contributed by atoms with Crippen molar-refractivity contribution in [2.75, 3.05) is 11.4 Å². The second-order valence-electron chi connectivity index (χ2n) is 4.06. The molecule has 0 unspecified atom stereocenters. The van der Waals surface area contributed by atoms with E-state index in [2.05, 4.69) is 15.5 Å². The number of anilines is 1.